The van der Waals surface area contributed by atoms with Gasteiger partial charge in [0.15, 0.2) is 0 Å². The van der Waals surface area contributed by atoms with Crippen molar-refractivity contribution in [1.82, 2.24) is 5.32 Å². The van der Waals surface area contributed by atoms with Crippen molar-refractivity contribution in [2.24, 2.45) is 5.92 Å². The van der Waals surface area contributed by atoms with Crippen LogP contribution in [0.15, 0.2) is 66.7 Å². The fraction of sp³-hybridized carbons (Fsp3) is 0.320. The molecule has 0 saturated carbocycles. The number of fused-ring (bicyclic) bond motifs is 1. The highest BCUT2D eigenvalue weighted by atomic mass is 32.2. The number of hydrogen-bond donors (Lipinski definition) is 1. The van der Waals surface area contributed by atoms with Gasteiger partial charge in [-0.15, -0.1) is 0 Å². The van der Waals surface area contributed by atoms with Crippen molar-refractivity contribution < 1.29 is 13.2 Å². The Balaban J connectivity index is 1.41. The van der Waals surface area contributed by atoms with Crippen LogP contribution >= 0.6 is 0 Å². The highest BCUT2D eigenvalue weighted by Gasteiger charge is 2.26. The molecule has 0 bridgehead atoms. The standard InChI is InChI=1S/C25H28N2O3S/c1-19(16-21-10-6-9-20-8-2-3-13-24(20)21)18-26-25(28)22-11-7-12-23(17-22)27-14-4-5-15-31(27,29)30/h2-3,6-13,17,19H,4-5,14-16,18H2,1H3,(H,26,28)/t19-/m1/s1. The van der Waals surface area contributed by atoms with Crippen LogP contribution in [0.2, 0.25) is 0 Å². The summed E-state index contributed by atoms with van der Waals surface area (Å²) in [5, 5.41) is 5.48. The van der Waals surface area contributed by atoms with Crippen molar-refractivity contribution in [3.8, 4) is 0 Å². The average molecular weight is 437 g/mol. The summed E-state index contributed by atoms with van der Waals surface area (Å²) >= 11 is 0. The minimum atomic E-state index is -3.30. The minimum absolute atomic E-state index is 0.162. The zero-order valence-corrected chi connectivity index (χ0v) is 18.6. The van der Waals surface area contributed by atoms with Crippen molar-refractivity contribution >= 4 is 32.4 Å². The summed E-state index contributed by atoms with van der Waals surface area (Å²) in [6.07, 6.45) is 2.39. The van der Waals surface area contributed by atoms with E-state index in [1.165, 1.54) is 20.6 Å². The topological polar surface area (TPSA) is 66.5 Å². The van der Waals surface area contributed by atoms with E-state index in [9.17, 15) is 13.2 Å². The highest BCUT2D eigenvalue weighted by molar-refractivity contribution is 7.92. The number of sulfonamides is 1. The molecule has 1 aliphatic heterocycles. The Morgan fingerprint density at radius 3 is 2.65 bits per heavy atom. The van der Waals surface area contributed by atoms with Gasteiger partial charge in [-0.25, -0.2) is 8.42 Å². The van der Waals surface area contributed by atoms with Crippen LogP contribution in [0.1, 0.15) is 35.7 Å². The van der Waals surface area contributed by atoms with Gasteiger partial charge in [-0.2, -0.15) is 0 Å². The fourth-order valence-corrected chi connectivity index (χ4v) is 5.80. The molecule has 6 heteroatoms. The minimum Gasteiger partial charge on any atom is -0.352 e. The summed E-state index contributed by atoms with van der Waals surface area (Å²) in [5.41, 5.74) is 2.32. The number of hydrogen-bond acceptors (Lipinski definition) is 3. The number of carbonyl (C=O) groups excluding carboxylic acids is 1. The first kappa shape index (κ1) is 21.4. The van der Waals surface area contributed by atoms with Gasteiger partial charge in [-0.3, -0.25) is 9.10 Å². The lowest BCUT2D eigenvalue weighted by Gasteiger charge is -2.28. The zero-order valence-electron chi connectivity index (χ0n) is 17.8. The van der Waals surface area contributed by atoms with E-state index in [2.05, 4.69) is 42.6 Å². The Morgan fingerprint density at radius 1 is 1.03 bits per heavy atom. The molecule has 0 spiro atoms. The van der Waals surface area contributed by atoms with Crippen LogP contribution < -0.4 is 9.62 Å². The van der Waals surface area contributed by atoms with Crippen LogP contribution in [0, 0.1) is 5.92 Å². The number of amides is 1. The lowest BCUT2D eigenvalue weighted by atomic mass is 9.96. The van der Waals surface area contributed by atoms with Crippen LogP contribution in [0.4, 0.5) is 5.69 Å². The fourth-order valence-electron chi connectivity index (χ4n) is 4.17. The van der Waals surface area contributed by atoms with Crippen LogP contribution in [0.5, 0.6) is 0 Å². The van der Waals surface area contributed by atoms with Gasteiger partial charge >= 0.3 is 0 Å². The number of benzene rings is 3. The molecule has 0 aliphatic carbocycles. The largest absolute Gasteiger partial charge is 0.352 e. The Labute approximate surface area is 184 Å². The third-order valence-electron chi connectivity index (χ3n) is 5.80. The summed E-state index contributed by atoms with van der Waals surface area (Å²) in [6.45, 7) is 3.14. The molecule has 1 aliphatic rings. The summed E-state index contributed by atoms with van der Waals surface area (Å²) in [6, 6.07) is 21.6. The van der Waals surface area contributed by atoms with Gasteiger partial charge in [-0.05, 0) is 59.7 Å². The van der Waals surface area contributed by atoms with Crippen molar-refractivity contribution in [3.63, 3.8) is 0 Å². The van der Waals surface area contributed by atoms with Crippen LogP contribution in [-0.4, -0.2) is 33.2 Å². The maximum Gasteiger partial charge on any atom is 0.251 e. The number of nitrogens with one attached hydrogen (secondary N) is 1. The molecular weight excluding hydrogens is 408 g/mol. The predicted molar refractivity (Wildman–Crippen MR) is 126 cm³/mol. The third-order valence-corrected chi connectivity index (χ3v) is 7.67. The molecular formula is C25H28N2O3S. The van der Waals surface area contributed by atoms with Gasteiger partial charge in [0.05, 0.1) is 11.4 Å². The lowest BCUT2D eigenvalue weighted by Crippen LogP contribution is -2.38. The molecule has 0 unspecified atom stereocenters. The van der Waals surface area contributed by atoms with Gasteiger partial charge in [0.25, 0.3) is 5.91 Å². The summed E-state index contributed by atoms with van der Waals surface area (Å²) in [4.78, 5) is 12.7. The van der Waals surface area contributed by atoms with Crippen LogP contribution in [-0.2, 0) is 16.4 Å². The molecule has 1 amide bonds. The van der Waals surface area contributed by atoms with Crippen molar-refractivity contribution in [2.45, 2.75) is 26.2 Å². The van der Waals surface area contributed by atoms with Crippen molar-refractivity contribution in [1.29, 1.82) is 0 Å². The van der Waals surface area contributed by atoms with Gasteiger partial charge in [0.2, 0.25) is 10.0 Å². The van der Waals surface area contributed by atoms with Gasteiger partial charge < -0.3 is 5.32 Å². The number of nitrogens with zero attached hydrogens (tertiary/aromatic N) is 1. The van der Waals surface area contributed by atoms with Crippen molar-refractivity contribution in [2.75, 3.05) is 23.1 Å². The van der Waals surface area contributed by atoms with E-state index in [0.29, 0.717) is 30.8 Å². The first-order valence-corrected chi connectivity index (χ1v) is 12.4. The molecule has 1 saturated heterocycles. The second-order valence-corrected chi connectivity index (χ2v) is 10.3. The van der Waals surface area contributed by atoms with Gasteiger partial charge in [0.1, 0.15) is 0 Å². The van der Waals surface area contributed by atoms with Crippen LogP contribution in [0.3, 0.4) is 0 Å². The Hall–Kier alpha value is -2.86. The van der Waals surface area contributed by atoms with Crippen molar-refractivity contribution in [3.05, 3.63) is 77.9 Å². The quantitative estimate of drug-likeness (QED) is 0.624. The Morgan fingerprint density at radius 2 is 1.81 bits per heavy atom. The molecule has 1 atom stereocenters. The first-order valence-electron chi connectivity index (χ1n) is 10.8. The molecule has 3 aromatic rings. The molecule has 5 nitrogen and oxygen atoms in total. The number of anilines is 1. The Bertz CT molecular complexity index is 1180. The molecule has 0 aromatic heterocycles. The van der Waals surface area contributed by atoms with E-state index < -0.39 is 10.0 Å². The molecule has 4 rings (SSSR count). The highest BCUT2D eigenvalue weighted by Crippen LogP contribution is 2.25. The van der Waals surface area contributed by atoms with E-state index in [4.69, 9.17) is 0 Å². The average Bonchev–Trinajstić information content (AvgIpc) is 2.77. The summed E-state index contributed by atoms with van der Waals surface area (Å²) in [5.74, 6) is 0.246. The normalized spacial score (nSPS) is 16.7. The van der Waals surface area contributed by atoms with Gasteiger partial charge in [-0.1, -0.05) is 55.5 Å². The van der Waals surface area contributed by atoms with E-state index in [1.807, 2.05) is 12.1 Å². The molecule has 1 fully saturated rings. The molecule has 3 aromatic carbocycles. The number of carbonyl (C=O) groups is 1. The van der Waals surface area contributed by atoms with E-state index in [-0.39, 0.29) is 17.6 Å². The smallest absolute Gasteiger partial charge is 0.251 e. The molecule has 31 heavy (non-hydrogen) atoms. The second kappa shape index (κ2) is 9.10. The lowest BCUT2D eigenvalue weighted by molar-refractivity contribution is 0.0948. The monoisotopic (exact) mass is 436 g/mol. The van der Waals surface area contributed by atoms with E-state index in [1.54, 1.807) is 24.3 Å². The maximum absolute atomic E-state index is 12.7. The molecule has 162 valence electrons. The van der Waals surface area contributed by atoms with Crippen LogP contribution in [0.25, 0.3) is 10.8 Å². The molecule has 1 heterocycles. The summed E-state index contributed by atoms with van der Waals surface area (Å²) in [7, 11) is -3.30. The predicted octanol–water partition coefficient (Wildman–Crippen LogP) is 4.38. The summed E-state index contributed by atoms with van der Waals surface area (Å²) < 4.78 is 26.2. The second-order valence-electron chi connectivity index (χ2n) is 8.30. The SMILES string of the molecule is C[C@@H](CNC(=O)c1cccc(N2CCCCS2(=O)=O)c1)Cc1cccc2ccccc12. The Kier molecular flexibility index (Phi) is 6.28. The maximum atomic E-state index is 12.7. The molecule has 1 N–H and O–H groups in total. The number of rotatable bonds is 6. The third kappa shape index (κ3) is 4.90. The van der Waals surface area contributed by atoms with E-state index in [0.717, 1.165) is 12.8 Å². The van der Waals surface area contributed by atoms with E-state index >= 15 is 0 Å². The molecule has 0 radical (unpaired) electrons. The zero-order chi connectivity index (χ0) is 21.8. The first-order chi connectivity index (χ1) is 14.9. The van der Waals surface area contributed by atoms with Gasteiger partial charge in [0, 0.05) is 18.7 Å².